The molecule has 4 heterocycles. The van der Waals surface area contributed by atoms with Crippen molar-refractivity contribution in [1.29, 1.82) is 5.26 Å². The first kappa shape index (κ1) is 40.9. The lowest BCUT2D eigenvalue weighted by Crippen LogP contribution is -2.44. The number of nitrogens with zero attached hydrogens (tertiary/aromatic N) is 5. The largest absolute Gasteiger partial charge is 0.497 e. The second-order valence-corrected chi connectivity index (χ2v) is 15.6. The van der Waals surface area contributed by atoms with Crippen molar-refractivity contribution in [1.82, 2.24) is 20.6 Å². The number of pyridine rings is 2. The highest BCUT2D eigenvalue weighted by Gasteiger charge is 2.25. The summed E-state index contributed by atoms with van der Waals surface area (Å²) in [6.07, 6.45) is 6.95. The molecule has 2 amide bonds. The number of piperidine rings is 2. The molecule has 0 aliphatic carbocycles. The smallest absolute Gasteiger partial charge is 0.253 e. The molecule has 4 aromatic carbocycles. The maximum absolute atomic E-state index is 12.6. The van der Waals surface area contributed by atoms with Gasteiger partial charge < -0.3 is 25.2 Å². The summed E-state index contributed by atoms with van der Waals surface area (Å²) in [4.78, 5) is 38.6. The topological polar surface area (TPSA) is 123 Å². The molecule has 0 saturated carbocycles. The van der Waals surface area contributed by atoms with Crippen LogP contribution < -0.4 is 25.2 Å². The van der Waals surface area contributed by atoms with Gasteiger partial charge in [0.2, 0.25) is 0 Å². The third-order valence-electron chi connectivity index (χ3n) is 10.5. The second kappa shape index (κ2) is 18.5. The number of carbonyl (C=O) groups excluding carboxylic acids is 2. The van der Waals surface area contributed by atoms with Gasteiger partial charge >= 0.3 is 0 Å². The van der Waals surface area contributed by atoms with Crippen molar-refractivity contribution >= 4 is 91.4 Å². The quantitative estimate of drug-likeness (QED) is 0.163. The number of anilines is 2. The molecule has 58 heavy (non-hydrogen) atoms. The fourth-order valence-electron chi connectivity index (χ4n) is 7.41. The first-order chi connectivity index (χ1) is 28.1. The average Bonchev–Trinajstić information content (AvgIpc) is 3.25. The molecule has 14 heteroatoms. The molecule has 0 radical (unpaired) electrons. The molecule has 2 fully saturated rings. The van der Waals surface area contributed by atoms with Gasteiger partial charge in [-0.2, -0.15) is 5.26 Å². The van der Waals surface area contributed by atoms with Gasteiger partial charge in [0.15, 0.2) is 0 Å². The number of nitrogens with one attached hydrogen (secondary N) is 2. The minimum absolute atomic E-state index is 0.0760. The van der Waals surface area contributed by atoms with Crippen LogP contribution in [0.5, 0.6) is 5.75 Å². The molecule has 2 N–H and O–H groups in total. The number of aromatic nitrogens is 2. The van der Waals surface area contributed by atoms with Crippen LogP contribution in [0.25, 0.3) is 21.8 Å². The molecule has 2 aliphatic rings. The molecule has 0 atom stereocenters. The van der Waals surface area contributed by atoms with Crippen molar-refractivity contribution in [3.8, 4) is 11.8 Å². The number of fused-ring (bicyclic) bond motifs is 2. The fourth-order valence-corrected chi connectivity index (χ4v) is 8.18. The molecule has 10 nitrogen and oxygen atoms in total. The van der Waals surface area contributed by atoms with E-state index in [1.807, 2.05) is 48.7 Å². The predicted molar refractivity (Wildman–Crippen MR) is 233 cm³/mol. The summed E-state index contributed by atoms with van der Waals surface area (Å²) in [5, 5.41) is 18.7. The number of hydrogen-bond donors (Lipinski definition) is 2. The summed E-state index contributed by atoms with van der Waals surface area (Å²) in [5.74, 6) is 0.412. The van der Waals surface area contributed by atoms with Crippen LogP contribution in [0.2, 0.25) is 20.1 Å². The Morgan fingerprint density at radius 2 is 1.14 bits per heavy atom. The average molecular weight is 856 g/mol. The van der Waals surface area contributed by atoms with E-state index in [1.54, 1.807) is 55.8 Å². The molecule has 0 unspecified atom stereocenters. The summed E-state index contributed by atoms with van der Waals surface area (Å²) < 4.78 is 5.30. The first-order valence-electron chi connectivity index (χ1n) is 18.8. The number of amides is 2. The van der Waals surface area contributed by atoms with Crippen LogP contribution in [0.15, 0.2) is 97.3 Å². The van der Waals surface area contributed by atoms with Gasteiger partial charge in [0.25, 0.3) is 11.8 Å². The lowest BCUT2D eigenvalue weighted by molar-refractivity contribution is 0.0922. The molecule has 0 spiro atoms. The van der Waals surface area contributed by atoms with Crippen LogP contribution in [-0.4, -0.2) is 67.2 Å². The Kier molecular flexibility index (Phi) is 13.0. The van der Waals surface area contributed by atoms with E-state index < -0.39 is 0 Å². The number of nitriles is 1. The standard InChI is InChI=1S/C22H18Cl2N4O.C22H21Cl2N3O2/c23-18-3-1-2-17(21(18)24)22(29)27-15-7-10-28(11-8-15)20-6-9-26-19-12-14(13-25)4-5-16(19)20;1-29-15-5-6-16-19(13-15)25-10-7-20(16)27-11-8-14(9-12-27)26-22(28)17-3-2-4-18(23)21(17)24/h1-6,9,12,15H,7-8,10-11H2,(H,27,29);2-7,10,13-14H,8-9,11-12H2,1H3,(H,26,28). The van der Waals surface area contributed by atoms with Crippen molar-refractivity contribution in [3.63, 3.8) is 0 Å². The number of halogens is 4. The number of benzene rings is 4. The Morgan fingerprint density at radius 1 is 0.672 bits per heavy atom. The maximum Gasteiger partial charge on any atom is 0.253 e. The zero-order chi connectivity index (χ0) is 40.8. The van der Waals surface area contributed by atoms with Crippen LogP contribution in [0.4, 0.5) is 11.4 Å². The highest BCUT2D eigenvalue weighted by atomic mass is 35.5. The van der Waals surface area contributed by atoms with Crippen LogP contribution in [-0.2, 0) is 0 Å². The SMILES string of the molecule is COc1ccc2c(N3CCC(NC(=O)c4cccc(Cl)c4Cl)CC3)ccnc2c1.N#Cc1ccc2c(N3CCC(NC(=O)c4cccc(Cl)c4Cl)CC3)ccnc2c1. The third-order valence-corrected chi connectivity index (χ3v) is 12.1. The van der Waals surface area contributed by atoms with Gasteiger partial charge in [-0.15, -0.1) is 0 Å². The van der Waals surface area contributed by atoms with E-state index >= 15 is 0 Å². The Hall–Kier alpha value is -5.31. The molecule has 2 aliphatic heterocycles. The Labute approximate surface area is 356 Å². The summed E-state index contributed by atoms with van der Waals surface area (Å²) in [5.41, 5.74) is 5.39. The van der Waals surface area contributed by atoms with Gasteiger partial charge in [-0.3, -0.25) is 19.6 Å². The second-order valence-electron chi connectivity index (χ2n) is 14.1. The monoisotopic (exact) mass is 853 g/mol. The number of methoxy groups -OCH3 is 1. The third kappa shape index (κ3) is 9.19. The number of rotatable bonds is 7. The summed E-state index contributed by atoms with van der Waals surface area (Å²) in [6, 6.07) is 28.0. The van der Waals surface area contributed by atoms with Crippen LogP contribution >= 0.6 is 46.4 Å². The van der Waals surface area contributed by atoms with Crippen molar-refractivity contribution in [2.24, 2.45) is 0 Å². The lowest BCUT2D eigenvalue weighted by atomic mass is 10.0. The summed E-state index contributed by atoms with van der Waals surface area (Å²) >= 11 is 24.4. The van der Waals surface area contributed by atoms with Gasteiger partial charge in [0.05, 0.1) is 61.0 Å². The van der Waals surface area contributed by atoms with E-state index in [0.717, 1.165) is 90.8 Å². The van der Waals surface area contributed by atoms with E-state index in [9.17, 15) is 9.59 Å². The van der Waals surface area contributed by atoms with E-state index in [-0.39, 0.29) is 28.9 Å². The number of hydrogen-bond acceptors (Lipinski definition) is 8. The van der Waals surface area contributed by atoms with Gasteiger partial charge in [-0.1, -0.05) is 58.5 Å². The molecule has 2 aromatic heterocycles. The number of carbonyl (C=O) groups is 2. The van der Waals surface area contributed by atoms with E-state index in [1.165, 1.54) is 0 Å². The van der Waals surface area contributed by atoms with Crippen LogP contribution in [0, 0.1) is 11.3 Å². The van der Waals surface area contributed by atoms with Crippen molar-refractivity contribution in [2.45, 2.75) is 37.8 Å². The number of ether oxygens (including phenoxy) is 1. The fraction of sp³-hybridized carbons (Fsp3) is 0.250. The molecular weight excluding hydrogens is 816 g/mol. The Morgan fingerprint density at radius 3 is 1.60 bits per heavy atom. The van der Waals surface area contributed by atoms with Crippen LogP contribution in [0.1, 0.15) is 52.0 Å². The lowest BCUT2D eigenvalue weighted by Gasteiger charge is -2.34. The van der Waals surface area contributed by atoms with Gasteiger partial charge in [0, 0.05) is 78.9 Å². The summed E-state index contributed by atoms with van der Waals surface area (Å²) in [7, 11) is 1.65. The van der Waals surface area contributed by atoms with Crippen molar-refractivity contribution in [3.05, 3.63) is 134 Å². The van der Waals surface area contributed by atoms with Crippen LogP contribution in [0.3, 0.4) is 0 Å². The highest BCUT2D eigenvalue weighted by Crippen LogP contribution is 2.32. The van der Waals surface area contributed by atoms with Crippen molar-refractivity contribution in [2.75, 3.05) is 43.1 Å². The zero-order valence-electron chi connectivity index (χ0n) is 31.5. The first-order valence-corrected chi connectivity index (χ1v) is 20.4. The Balaban J connectivity index is 0.000000177. The van der Waals surface area contributed by atoms with Crippen molar-refractivity contribution < 1.29 is 14.3 Å². The molecule has 6 aromatic rings. The molecule has 0 bridgehead atoms. The minimum Gasteiger partial charge on any atom is -0.497 e. The zero-order valence-corrected chi connectivity index (χ0v) is 34.5. The summed E-state index contributed by atoms with van der Waals surface area (Å²) in [6.45, 7) is 3.32. The van der Waals surface area contributed by atoms with E-state index in [0.29, 0.717) is 31.8 Å². The predicted octanol–water partition coefficient (Wildman–Crippen LogP) is 9.76. The van der Waals surface area contributed by atoms with E-state index in [4.69, 9.17) is 56.4 Å². The Bertz CT molecular complexity index is 2510. The molecule has 2 saturated heterocycles. The van der Waals surface area contributed by atoms with E-state index in [2.05, 4.69) is 36.5 Å². The van der Waals surface area contributed by atoms with Gasteiger partial charge in [0.1, 0.15) is 5.75 Å². The normalized spacial score (nSPS) is 14.7. The maximum atomic E-state index is 12.6. The van der Waals surface area contributed by atoms with Gasteiger partial charge in [-0.05, 0) is 92.4 Å². The molecule has 8 rings (SSSR count). The van der Waals surface area contributed by atoms with Gasteiger partial charge in [-0.25, -0.2) is 0 Å². The molecule has 296 valence electrons. The molecular formula is C44H39Cl4N7O3. The highest BCUT2D eigenvalue weighted by molar-refractivity contribution is 6.44. The minimum atomic E-state index is -0.200.